The lowest BCUT2D eigenvalue weighted by atomic mass is 10.1. The van der Waals surface area contributed by atoms with Crippen molar-refractivity contribution in [3.63, 3.8) is 0 Å². The van der Waals surface area contributed by atoms with E-state index in [1.165, 1.54) is 5.56 Å². The summed E-state index contributed by atoms with van der Waals surface area (Å²) in [6.45, 7) is 2.10. The molecule has 2 aromatic carbocycles. The number of nitrogens with zero attached hydrogens (tertiary/aromatic N) is 1. The first-order valence-corrected chi connectivity index (χ1v) is 12.2. The monoisotopic (exact) mass is 442 g/mol. The lowest BCUT2D eigenvalue weighted by Gasteiger charge is -2.27. The number of fused-ring (bicyclic) bond motifs is 1. The van der Waals surface area contributed by atoms with Gasteiger partial charge in [-0.1, -0.05) is 12.1 Å². The Bertz CT molecular complexity index is 1090. The molecule has 7 nitrogen and oxygen atoms in total. The SMILES string of the molecule is O=C(CCS(=O)(=O)c1ccc2c(c1)CCC2)Nc1cccc(C(=O)N2CCOCC2)c1. The van der Waals surface area contributed by atoms with Crippen LogP contribution in [-0.4, -0.2) is 57.2 Å². The average molecular weight is 443 g/mol. The molecular weight excluding hydrogens is 416 g/mol. The molecule has 0 saturated carbocycles. The first kappa shape index (κ1) is 21.5. The minimum Gasteiger partial charge on any atom is -0.378 e. The summed E-state index contributed by atoms with van der Waals surface area (Å²) in [6, 6.07) is 12.0. The second kappa shape index (κ2) is 9.20. The summed E-state index contributed by atoms with van der Waals surface area (Å²) in [4.78, 5) is 27.0. The average Bonchev–Trinajstić information content (AvgIpc) is 3.26. The van der Waals surface area contributed by atoms with Crippen LogP contribution in [0.1, 0.15) is 34.3 Å². The van der Waals surface area contributed by atoms with Crippen LogP contribution in [0.5, 0.6) is 0 Å². The molecule has 1 aliphatic carbocycles. The topological polar surface area (TPSA) is 92.8 Å². The van der Waals surface area contributed by atoms with Crippen LogP contribution in [0.4, 0.5) is 5.69 Å². The first-order valence-electron chi connectivity index (χ1n) is 10.5. The van der Waals surface area contributed by atoms with Crippen LogP contribution < -0.4 is 5.32 Å². The van der Waals surface area contributed by atoms with E-state index in [0.29, 0.717) is 37.6 Å². The number of morpholine rings is 1. The normalized spacial score (nSPS) is 16.1. The molecule has 4 rings (SSSR count). The molecule has 164 valence electrons. The lowest BCUT2D eigenvalue weighted by Crippen LogP contribution is -2.40. The molecule has 0 spiro atoms. The number of amides is 2. The summed E-state index contributed by atoms with van der Waals surface area (Å²) in [5.41, 5.74) is 3.25. The maximum atomic E-state index is 12.7. The highest BCUT2D eigenvalue weighted by Gasteiger charge is 2.21. The minimum absolute atomic E-state index is 0.112. The maximum Gasteiger partial charge on any atom is 0.254 e. The molecule has 1 heterocycles. The van der Waals surface area contributed by atoms with Gasteiger partial charge < -0.3 is 15.0 Å². The fourth-order valence-electron chi connectivity index (χ4n) is 3.99. The molecule has 0 unspecified atom stereocenters. The number of rotatable bonds is 6. The third kappa shape index (κ3) is 5.14. The van der Waals surface area contributed by atoms with Crippen molar-refractivity contribution in [1.29, 1.82) is 0 Å². The van der Waals surface area contributed by atoms with Crippen molar-refractivity contribution in [3.8, 4) is 0 Å². The molecule has 1 saturated heterocycles. The van der Waals surface area contributed by atoms with E-state index in [-0.39, 0.29) is 23.0 Å². The molecule has 1 fully saturated rings. The van der Waals surface area contributed by atoms with Gasteiger partial charge in [0.15, 0.2) is 9.84 Å². The van der Waals surface area contributed by atoms with Crippen LogP contribution in [0, 0.1) is 0 Å². The van der Waals surface area contributed by atoms with Gasteiger partial charge in [0.25, 0.3) is 5.91 Å². The number of nitrogens with one attached hydrogen (secondary N) is 1. The third-order valence-corrected chi connectivity index (χ3v) is 7.43. The zero-order valence-corrected chi connectivity index (χ0v) is 18.1. The van der Waals surface area contributed by atoms with Gasteiger partial charge in [-0.05, 0) is 60.7 Å². The number of hydrogen-bond acceptors (Lipinski definition) is 5. The van der Waals surface area contributed by atoms with E-state index in [1.807, 2.05) is 6.07 Å². The number of hydrogen-bond donors (Lipinski definition) is 1. The van der Waals surface area contributed by atoms with E-state index < -0.39 is 15.7 Å². The molecule has 1 aliphatic heterocycles. The van der Waals surface area contributed by atoms with Crippen LogP contribution in [0.25, 0.3) is 0 Å². The van der Waals surface area contributed by atoms with Gasteiger partial charge in [0.05, 0.1) is 23.9 Å². The number of aryl methyl sites for hydroxylation is 2. The highest BCUT2D eigenvalue weighted by atomic mass is 32.2. The van der Waals surface area contributed by atoms with E-state index in [2.05, 4.69) is 5.32 Å². The second-order valence-electron chi connectivity index (χ2n) is 7.89. The Kier molecular flexibility index (Phi) is 6.38. The molecule has 2 aliphatic rings. The van der Waals surface area contributed by atoms with Crippen LogP contribution in [0.15, 0.2) is 47.4 Å². The standard InChI is InChI=1S/C23H26N2O5S/c26-22(9-14-31(28,29)21-8-7-17-3-1-4-18(17)16-21)24-20-6-2-5-19(15-20)23(27)25-10-12-30-13-11-25/h2,5-8,15-16H,1,3-4,9-14H2,(H,24,26). The molecule has 1 N–H and O–H groups in total. The van der Waals surface area contributed by atoms with E-state index in [4.69, 9.17) is 4.74 Å². The molecule has 0 atom stereocenters. The highest BCUT2D eigenvalue weighted by Crippen LogP contribution is 2.25. The predicted octanol–water partition coefficient (Wildman–Crippen LogP) is 2.45. The quantitative estimate of drug-likeness (QED) is 0.742. The van der Waals surface area contributed by atoms with Crippen molar-refractivity contribution >= 4 is 27.3 Å². The first-order chi connectivity index (χ1) is 14.9. The summed E-state index contributed by atoms with van der Waals surface area (Å²) in [5, 5.41) is 2.71. The van der Waals surface area contributed by atoms with Gasteiger partial charge >= 0.3 is 0 Å². The Morgan fingerprint density at radius 1 is 1.00 bits per heavy atom. The fraction of sp³-hybridized carbons (Fsp3) is 0.391. The Labute approximate surface area is 182 Å². The minimum atomic E-state index is -3.54. The van der Waals surface area contributed by atoms with E-state index in [9.17, 15) is 18.0 Å². The molecular formula is C23H26N2O5S. The van der Waals surface area contributed by atoms with Gasteiger partial charge in [-0.2, -0.15) is 0 Å². The summed E-state index contributed by atoms with van der Waals surface area (Å²) >= 11 is 0. The van der Waals surface area contributed by atoms with Crippen LogP contribution >= 0.6 is 0 Å². The van der Waals surface area contributed by atoms with Gasteiger partial charge in [0, 0.05) is 30.8 Å². The molecule has 31 heavy (non-hydrogen) atoms. The molecule has 0 radical (unpaired) electrons. The number of carbonyl (C=O) groups is 2. The van der Waals surface area contributed by atoms with Gasteiger partial charge in [-0.3, -0.25) is 9.59 Å². The summed E-state index contributed by atoms with van der Waals surface area (Å²) < 4.78 is 30.6. The van der Waals surface area contributed by atoms with Gasteiger partial charge in [-0.15, -0.1) is 0 Å². The number of carbonyl (C=O) groups excluding carboxylic acids is 2. The van der Waals surface area contributed by atoms with Crippen LogP contribution in [0.2, 0.25) is 0 Å². The highest BCUT2D eigenvalue weighted by molar-refractivity contribution is 7.91. The summed E-state index contributed by atoms with van der Waals surface area (Å²) in [7, 11) is -3.54. The summed E-state index contributed by atoms with van der Waals surface area (Å²) in [5.74, 6) is -0.774. The number of ether oxygens (including phenoxy) is 1. The Balaban J connectivity index is 1.36. The van der Waals surface area contributed by atoms with Crippen LogP contribution in [0.3, 0.4) is 0 Å². The molecule has 0 bridgehead atoms. The third-order valence-electron chi connectivity index (χ3n) is 5.72. The van der Waals surface area contributed by atoms with Crippen molar-refractivity contribution in [3.05, 3.63) is 59.2 Å². The second-order valence-corrected chi connectivity index (χ2v) is 10.00. The van der Waals surface area contributed by atoms with Crippen molar-refractivity contribution in [2.75, 3.05) is 37.4 Å². The van der Waals surface area contributed by atoms with E-state index >= 15 is 0 Å². The Morgan fingerprint density at radius 2 is 1.77 bits per heavy atom. The Hall–Kier alpha value is -2.71. The van der Waals surface area contributed by atoms with Crippen molar-refractivity contribution in [1.82, 2.24) is 4.90 Å². The van der Waals surface area contributed by atoms with Gasteiger partial charge in [0.2, 0.25) is 5.91 Å². The smallest absolute Gasteiger partial charge is 0.254 e. The van der Waals surface area contributed by atoms with Crippen molar-refractivity contribution < 1.29 is 22.7 Å². The summed E-state index contributed by atoms with van der Waals surface area (Å²) in [6.07, 6.45) is 2.79. The zero-order chi connectivity index (χ0) is 21.8. The fourth-order valence-corrected chi connectivity index (χ4v) is 5.28. The van der Waals surface area contributed by atoms with E-state index in [0.717, 1.165) is 24.8 Å². The van der Waals surface area contributed by atoms with Gasteiger partial charge in [-0.25, -0.2) is 8.42 Å². The number of anilines is 1. The van der Waals surface area contributed by atoms with Crippen LogP contribution in [-0.2, 0) is 32.2 Å². The maximum absolute atomic E-state index is 12.7. The molecule has 2 amide bonds. The van der Waals surface area contributed by atoms with Gasteiger partial charge in [0.1, 0.15) is 0 Å². The lowest BCUT2D eigenvalue weighted by molar-refractivity contribution is -0.115. The molecule has 0 aromatic heterocycles. The van der Waals surface area contributed by atoms with Crippen molar-refractivity contribution in [2.24, 2.45) is 0 Å². The Morgan fingerprint density at radius 3 is 2.58 bits per heavy atom. The van der Waals surface area contributed by atoms with Crippen molar-refractivity contribution in [2.45, 2.75) is 30.6 Å². The molecule has 2 aromatic rings. The molecule has 8 heteroatoms. The largest absolute Gasteiger partial charge is 0.378 e. The van der Waals surface area contributed by atoms with E-state index in [1.54, 1.807) is 41.3 Å². The number of sulfone groups is 1. The number of benzene rings is 2. The predicted molar refractivity (Wildman–Crippen MR) is 117 cm³/mol. The zero-order valence-electron chi connectivity index (χ0n) is 17.3.